The summed E-state index contributed by atoms with van der Waals surface area (Å²) in [5.41, 5.74) is 2.75. The van der Waals surface area contributed by atoms with Crippen LogP contribution in [0.2, 0.25) is 0 Å². The van der Waals surface area contributed by atoms with Crippen molar-refractivity contribution in [2.75, 3.05) is 5.32 Å². The van der Waals surface area contributed by atoms with E-state index in [2.05, 4.69) is 15.3 Å². The van der Waals surface area contributed by atoms with Gasteiger partial charge in [0.15, 0.2) is 0 Å². The summed E-state index contributed by atoms with van der Waals surface area (Å²) in [5.74, 6) is -0.320. The number of anilines is 1. The Bertz CT molecular complexity index is 742. The highest BCUT2D eigenvalue weighted by atomic mass is 19.1. The molecule has 0 bridgehead atoms. The molecule has 0 fully saturated rings. The molecule has 0 amide bonds. The number of halogens is 1. The normalized spacial score (nSPS) is 12.3. The zero-order valence-corrected chi connectivity index (χ0v) is 11.0. The topological polar surface area (TPSA) is 37.8 Å². The van der Waals surface area contributed by atoms with E-state index in [1.54, 1.807) is 12.4 Å². The molecular weight excluding hydrogens is 253 g/mol. The average Bonchev–Trinajstić information content (AvgIpc) is 2.47. The predicted octanol–water partition coefficient (Wildman–Crippen LogP) is 3.94. The zero-order valence-electron chi connectivity index (χ0n) is 11.0. The molecule has 0 saturated heterocycles. The van der Waals surface area contributed by atoms with E-state index in [1.165, 1.54) is 12.3 Å². The van der Waals surface area contributed by atoms with Gasteiger partial charge >= 0.3 is 0 Å². The number of hydrogen-bond acceptors (Lipinski definition) is 3. The molecule has 0 aliphatic heterocycles. The summed E-state index contributed by atoms with van der Waals surface area (Å²) in [6, 6.07) is 11.4. The van der Waals surface area contributed by atoms with E-state index in [-0.39, 0.29) is 11.9 Å². The highest BCUT2D eigenvalue weighted by Crippen LogP contribution is 2.22. The van der Waals surface area contributed by atoms with Crippen molar-refractivity contribution < 1.29 is 4.39 Å². The van der Waals surface area contributed by atoms with Crippen molar-refractivity contribution in [1.29, 1.82) is 0 Å². The smallest absolute Gasteiger partial charge is 0.141 e. The molecule has 1 unspecified atom stereocenters. The Morgan fingerprint density at radius 3 is 2.90 bits per heavy atom. The molecule has 0 aliphatic rings. The van der Waals surface area contributed by atoms with Crippen molar-refractivity contribution in [3.63, 3.8) is 0 Å². The Kier molecular flexibility index (Phi) is 3.29. The molecule has 1 N–H and O–H groups in total. The summed E-state index contributed by atoms with van der Waals surface area (Å²) in [4.78, 5) is 8.16. The maximum Gasteiger partial charge on any atom is 0.141 e. The first-order valence-corrected chi connectivity index (χ1v) is 6.44. The maximum absolute atomic E-state index is 13.2. The van der Waals surface area contributed by atoms with Crippen LogP contribution in [0.4, 0.5) is 10.1 Å². The summed E-state index contributed by atoms with van der Waals surface area (Å²) in [6.07, 6.45) is 4.65. The van der Waals surface area contributed by atoms with Crippen molar-refractivity contribution in [2.45, 2.75) is 13.0 Å². The highest BCUT2D eigenvalue weighted by molar-refractivity contribution is 5.82. The predicted molar refractivity (Wildman–Crippen MR) is 78.0 cm³/mol. The van der Waals surface area contributed by atoms with Gasteiger partial charge in [0.25, 0.3) is 0 Å². The van der Waals surface area contributed by atoms with Gasteiger partial charge in [-0.25, -0.2) is 4.39 Å². The number of rotatable bonds is 3. The van der Waals surface area contributed by atoms with Crippen LogP contribution in [0.15, 0.2) is 55.0 Å². The lowest BCUT2D eigenvalue weighted by Gasteiger charge is -2.15. The Morgan fingerprint density at radius 1 is 1.15 bits per heavy atom. The molecule has 2 heterocycles. The molecule has 20 heavy (non-hydrogen) atoms. The monoisotopic (exact) mass is 267 g/mol. The first-order chi connectivity index (χ1) is 9.72. The maximum atomic E-state index is 13.2. The Labute approximate surface area is 116 Å². The first kappa shape index (κ1) is 12.5. The van der Waals surface area contributed by atoms with Crippen LogP contribution in [0.5, 0.6) is 0 Å². The second-order valence-electron chi connectivity index (χ2n) is 4.71. The van der Waals surface area contributed by atoms with E-state index in [0.717, 1.165) is 22.2 Å². The standard InChI is InChI=1S/C16H14FN3/c1-11(13-7-14(17)10-18-9-13)20-15-4-5-16-12(8-15)3-2-6-19-16/h2-11,20H,1H3. The van der Waals surface area contributed by atoms with Crippen molar-refractivity contribution >= 4 is 16.6 Å². The second kappa shape index (κ2) is 5.25. The van der Waals surface area contributed by atoms with Gasteiger partial charge in [-0.05, 0) is 42.8 Å². The van der Waals surface area contributed by atoms with Gasteiger partial charge in [0.05, 0.1) is 17.8 Å². The van der Waals surface area contributed by atoms with Gasteiger partial charge in [-0.15, -0.1) is 0 Å². The number of nitrogens with one attached hydrogen (secondary N) is 1. The molecule has 1 aromatic carbocycles. The zero-order chi connectivity index (χ0) is 13.9. The molecule has 4 heteroatoms. The lowest BCUT2D eigenvalue weighted by molar-refractivity contribution is 0.616. The third kappa shape index (κ3) is 2.59. The van der Waals surface area contributed by atoms with Crippen molar-refractivity contribution in [2.24, 2.45) is 0 Å². The second-order valence-corrected chi connectivity index (χ2v) is 4.71. The van der Waals surface area contributed by atoms with Crippen molar-refractivity contribution in [3.8, 4) is 0 Å². The molecule has 1 atom stereocenters. The summed E-state index contributed by atoms with van der Waals surface area (Å²) >= 11 is 0. The fourth-order valence-electron chi connectivity index (χ4n) is 2.16. The van der Waals surface area contributed by atoms with Crippen molar-refractivity contribution in [1.82, 2.24) is 9.97 Å². The summed E-state index contributed by atoms with van der Waals surface area (Å²) in [5, 5.41) is 4.41. The number of pyridine rings is 2. The number of aromatic nitrogens is 2. The van der Waals surface area contributed by atoms with Crippen LogP contribution in [0.25, 0.3) is 10.9 Å². The molecule has 3 rings (SSSR count). The average molecular weight is 267 g/mol. The van der Waals surface area contributed by atoms with E-state index in [1.807, 2.05) is 37.3 Å². The van der Waals surface area contributed by atoms with Gasteiger partial charge in [0.2, 0.25) is 0 Å². The number of benzene rings is 1. The van der Waals surface area contributed by atoms with E-state index < -0.39 is 0 Å². The van der Waals surface area contributed by atoms with Crippen LogP contribution in [0.1, 0.15) is 18.5 Å². The van der Waals surface area contributed by atoms with Gasteiger partial charge in [0, 0.05) is 23.5 Å². The molecule has 3 aromatic rings. The molecule has 0 spiro atoms. The van der Waals surface area contributed by atoms with Crippen LogP contribution >= 0.6 is 0 Å². The highest BCUT2D eigenvalue weighted by Gasteiger charge is 2.07. The minimum Gasteiger partial charge on any atom is -0.378 e. The van der Waals surface area contributed by atoms with Crippen LogP contribution in [0, 0.1) is 5.82 Å². The number of fused-ring (bicyclic) bond motifs is 1. The van der Waals surface area contributed by atoms with Gasteiger partial charge < -0.3 is 5.32 Å². The first-order valence-electron chi connectivity index (χ1n) is 6.44. The van der Waals surface area contributed by atoms with E-state index >= 15 is 0 Å². The minimum absolute atomic E-state index is 0.0210. The third-order valence-electron chi connectivity index (χ3n) is 3.21. The van der Waals surface area contributed by atoms with Crippen LogP contribution in [0.3, 0.4) is 0 Å². The largest absolute Gasteiger partial charge is 0.378 e. The number of nitrogens with zero attached hydrogens (tertiary/aromatic N) is 2. The van der Waals surface area contributed by atoms with Crippen molar-refractivity contribution in [3.05, 3.63) is 66.4 Å². The molecule has 0 radical (unpaired) electrons. The summed E-state index contributed by atoms with van der Waals surface area (Å²) in [6.45, 7) is 1.98. The minimum atomic E-state index is -0.320. The fraction of sp³-hybridized carbons (Fsp3) is 0.125. The van der Waals surface area contributed by atoms with Gasteiger partial charge in [-0.3, -0.25) is 9.97 Å². The Balaban J connectivity index is 1.85. The van der Waals surface area contributed by atoms with Gasteiger partial charge in [-0.1, -0.05) is 6.07 Å². The molecule has 100 valence electrons. The summed E-state index contributed by atoms with van der Waals surface area (Å²) in [7, 11) is 0. The Morgan fingerprint density at radius 2 is 2.05 bits per heavy atom. The van der Waals surface area contributed by atoms with Crippen LogP contribution in [-0.4, -0.2) is 9.97 Å². The fourth-order valence-corrected chi connectivity index (χ4v) is 2.16. The molecule has 0 aliphatic carbocycles. The van der Waals surface area contributed by atoms with E-state index in [4.69, 9.17) is 0 Å². The Hall–Kier alpha value is -2.49. The lowest BCUT2D eigenvalue weighted by Crippen LogP contribution is -2.07. The lowest BCUT2D eigenvalue weighted by atomic mass is 10.1. The van der Waals surface area contributed by atoms with Gasteiger partial charge in [-0.2, -0.15) is 0 Å². The molecule has 3 nitrogen and oxygen atoms in total. The number of hydrogen-bond donors (Lipinski definition) is 1. The third-order valence-corrected chi connectivity index (χ3v) is 3.21. The van der Waals surface area contributed by atoms with E-state index in [0.29, 0.717) is 0 Å². The van der Waals surface area contributed by atoms with Crippen LogP contribution in [-0.2, 0) is 0 Å². The molecular formula is C16H14FN3. The molecule has 2 aromatic heterocycles. The van der Waals surface area contributed by atoms with E-state index in [9.17, 15) is 4.39 Å². The van der Waals surface area contributed by atoms with Crippen LogP contribution < -0.4 is 5.32 Å². The summed E-state index contributed by atoms with van der Waals surface area (Å²) < 4.78 is 13.2. The quantitative estimate of drug-likeness (QED) is 0.781. The SMILES string of the molecule is CC(Nc1ccc2ncccc2c1)c1cncc(F)c1. The molecule has 0 saturated carbocycles. The van der Waals surface area contributed by atoms with Gasteiger partial charge in [0.1, 0.15) is 5.82 Å².